The summed E-state index contributed by atoms with van der Waals surface area (Å²) in [4.78, 5) is 15.4. The van der Waals surface area contributed by atoms with Crippen molar-refractivity contribution in [2.45, 2.75) is 36.6 Å². The Labute approximate surface area is 200 Å². The molecule has 2 aromatic rings. The van der Waals surface area contributed by atoms with Crippen LogP contribution in [0.5, 0.6) is 5.75 Å². The quantitative estimate of drug-likeness (QED) is 0.609. The number of methoxy groups -OCH3 is 1. The molecule has 0 saturated carbocycles. The Morgan fingerprint density at radius 2 is 1.73 bits per heavy atom. The van der Waals surface area contributed by atoms with E-state index < -0.39 is 10.0 Å². The van der Waals surface area contributed by atoms with Crippen molar-refractivity contribution in [2.75, 3.05) is 39.8 Å². The van der Waals surface area contributed by atoms with Crippen LogP contribution in [-0.2, 0) is 10.0 Å². The molecule has 2 aliphatic heterocycles. The molecule has 0 radical (unpaired) electrons. The Morgan fingerprint density at radius 3 is 2.39 bits per heavy atom. The molecule has 1 amide bonds. The Kier molecular flexibility index (Phi) is 7.58. The van der Waals surface area contributed by atoms with Crippen molar-refractivity contribution in [3.8, 4) is 5.75 Å². The largest absolute Gasteiger partial charge is 0.495 e. The van der Waals surface area contributed by atoms with E-state index in [4.69, 9.17) is 16.3 Å². The van der Waals surface area contributed by atoms with E-state index in [0.29, 0.717) is 24.7 Å². The third-order valence-corrected chi connectivity index (χ3v) is 8.67. The molecule has 33 heavy (non-hydrogen) atoms. The van der Waals surface area contributed by atoms with Gasteiger partial charge in [0.05, 0.1) is 13.2 Å². The number of nitrogens with zero attached hydrogens (tertiary/aromatic N) is 2. The van der Waals surface area contributed by atoms with Crippen LogP contribution in [0.25, 0.3) is 0 Å². The first-order chi connectivity index (χ1) is 15.9. The van der Waals surface area contributed by atoms with Gasteiger partial charge in [0, 0.05) is 30.2 Å². The predicted molar refractivity (Wildman–Crippen MR) is 128 cm³/mol. The van der Waals surface area contributed by atoms with Gasteiger partial charge in [-0.3, -0.25) is 9.69 Å². The molecule has 178 valence electrons. The Balaban J connectivity index is 1.55. The number of likely N-dealkylation sites (tertiary alicyclic amines) is 1. The fraction of sp³-hybridized carbons (Fsp3) is 0.458. The van der Waals surface area contributed by atoms with Crippen molar-refractivity contribution in [2.24, 2.45) is 0 Å². The van der Waals surface area contributed by atoms with Crippen LogP contribution < -0.4 is 10.1 Å². The fourth-order valence-corrected chi connectivity index (χ4v) is 6.57. The molecule has 0 spiro atoms. The lowest BCUT2D eigenvalue weighted by molar-refractivity contribution is 0.0937. The van der Waals surface area contributed by atoms with Gasteiger partial charge in [0.2, 0.25) is 10.0 Å². The molecule has 2 saturated heterocycles. The second kappa shape index (κ2) is 10.4. The minimum absolute atomic E-state index is 0.0294. The van der Waals surface area contributed by atoms with Crippen LogP contribution in [0.3, 0.4) is 0 Å². The highest BCUT2D eigenvalue weighted by atomic mass is 35.5. The molecule has 9 heteroatoms. The third-order valence-electron chi connectivity index (χ3n) is 6.41. The minimum atomic E-state index is -3.73. The van der Waals surface area contributed by atoms with E-state index in [1.807, 2.05) is 24.3 Å². The standard InChI is InChI=1S/C24H30ClN3O4S/c1-32-22-11-10-18(16-23(22)33(30,31)28-14-6-7-15-28)24(29)26-17-21(27-12-4-5-13-27)19-8-2-3-9-20(19)25/h2-3,8-11,16,21H,4-7,12-15,17H2,1H3,(H,26,29). The van der Waals surface area contributed by atoms with Gasteiger partial charge in [0.1, 0.15) is 10.6 Å². The average Bonchev–Trinajstić information content (AvgIpc) is 3.55. The first kappa shape index (κ1) is 24.0. The summed E-state index contributed by atoms with van der Waals surface area (Å²) in [5.41, 5.74) is 1.27. The SMILES string of the molecule is COc1ccc(C(=O)NCC(c2ccccc2Cl)N2CCCC2)cc1S(=O)(=O)N1CCCC1. The van der Waals surface area contributed by atoms with Crippen molar-refractivity contribution in [3.05, 3.63) is 58.6 Å². The van der Waals surface area contributed by atoms with Gasteiger partial charge in [0.25, 0.3) is 5.91 Å². The Bertz CT molecular complexity index is 1100. The van der Waals surface area contributed by atoms with Crippen LogP contribution >= 0.6 is 11.6 Å². The van der Waals surface area contributed by atoms with Gasteiger partial charge in [-0.1, -0.05) is 29.8 Å². The van der Waals surface area contributed by atoms with Gasteiger partial charge < -0.3 is 10.1 Å². The molecule has 2 aliphatic rings. The van der Waals surface area contributed by atoms with Crippen LogP contribution in [0.15, 0.2) is 47.4 Å². The lowest BCUT2D eigenvalue weighted by atomic mass is 10.0. The molecule has 4 rings (SSSR count). The van der Waals surface area contributed by atoms with Crippen LogP contribution in [0.4, 0.5) is 0 Å². The van der Waals surface area contributed by atoms with E-state index in [0.717, 1.165) is 44.3 Å². The molecule has 0 bridgehead atoms. The van der Waals surface area contributed by atoms with Gasteiger partial charge in [-0.05, 0) is 68.6 Å². The normalized spacial score (nSPS) is 18.4. The predicted octanol–water partition coefficient (Wildman–Crippen LogP) is 3.70. The summed E-state index contributed by atoms with van der Waals surface area (Å²) in [6, 6.07) is 12.2. The highest BCUT2D eigenvalue weighted by Gasteiger charge is 2.31. The number of sulfonamides is 1. The summed E-state index contributed by atoms with van der Waals surface area (Å²) < 4.78 is 33.0. The number of carbonyl (C=O) groups excluding carboxylic acids is 1. The molecule has 2 heterocycles. The van der Waals surface area contributed by atoms with E-state index in [9.17, 15) is 13.2 Å². The molecule has 1 atom stereocenters. The van der Waals surface area contributed by atoms with Crippen molar-refractivity contribution < 1.29 is 17.9 Å². The van der Waals surface area contributed by atoms with E-state index in [1.165, 1.54) is 17.5 Å². The first-order valence-electron chi connectivity index (χ1n) is 11.4. The van der Waals surface area contributed by atoms with Crippen molar-refractivity contribution in [1.82, 2.24) is 14.5 Å². The van der Waals surface area contributed by atoms with Gasteiger partial charge in [-0.15, -0.1) is 0 Å². The van der Waals surface area contributed by atoms with Crippen LogP contribution in [-0.4, -0.2) is 63.4 Å². The zero-order valence-corrected chi connectivity index (χ0v) is 20.4. The van der Waals surface area contributed by atoms with E-state index in [2.05, 4.69) is 10.2 Å². The number of rotatable bonds is 8. The summed E-state index contributed by atoms with van der Waals surface area (Å²) in [7, 11) is -2.29. The molecular formula is C24H30ClN3O4S. The summed E-state index contributed by atoms with van der Waals surface area (Å²) in [6.07, 6.45) is 3.90. The Morgan fingerprint density at radius 1 is 1.06 bits per heavy atom. The third kappa shape index (κ3) is 5.19. The van der Waals surface area contributed by atoms with Gasteiger partial charge in [0.15, 0.2) is 0 Å². The summed E-state index contributed by atoms with van der Waals surface area (Å²) >= 11 is 6.47. The topological polar surface area (TPSA) is 79.0 Å². The first-order valence-corrected chi connectivity index (χ1v) is 13.2. The number of amides is 1. The second-order valence-electron chi connectivity index (χ2n) is 8.47. The van der Waals surface area contributed by atoms with Gasteiger partial charge in [-0.25, -0.2) is 8.42 Å². The Hall–Kier alpha value is -2.13. The summed E-state index contributed by atoms with van der Waals surface area (Å²) in [5.74, 6) is -0.0868. The number of hydrogen-bond acceptors (Lipinski definition) is 5. The molecular weight excluding hydrogens is 462 g/mol. The van der Waals surface area contributed by atoms with E-state index in [1.54, 1.807) is 12.1 Å². The van der Waals surface area contributed by atoms with Crippen molar-refractivity contribution in [3.63, 3.8) is 0 Å². The smallest absolute Gasteiger partial charge is 0.251 e. The molecule has 7 nitrogen and oxygen atoms in total. The van der Waals surface area contributed by atoms with Crippen LogP contribution in [0.1, 0.15) is 47.6 Å². The molecule has 2 aromatic carbocycles. The molecule has 1 N–H and O–H groups in total. The molecule has 0 aromatic heterocycles. The van der Waals surface area contributed by atoms with Crippen molar-refractivity contribution in [1.29, 1.82) is 0 Å². The monoisotopic (exact) mass is 491 g/mol. The number of carbonyl (C=O) groups is 1. The number of ether oxygens (including phenoxy) is 1. The molecule has 0 aliphatic carbocycles. The zero-order chi connectivity index (χ0) is 23.4. The number of hydrogen-bond donors (Lipinski definition) is 1. The second-order valence-corrected chi connectivity index (χ2v) is 10.8. The lowest BCUT2D eigenvalue weighted by Gasteiger charge is -2.29. The summed E-state index contributed by atoms with van der Waals surface area (Å²) in [6.45, 7) is 3.25. The molecule has 2 fully saturated rings. The van der Waals surface area contributed by atoms with E-state index in [-0.39, 0.29) is 28.2 Å². The number of nitrogens with one attached hydrogen (secondary N) is 1. The van der Waals surface area contributed by atoms with Crippen LogP contribution in [0, 0.1) is 0 Å². The average molecular weight is 492 g/mol. The minimum Gasteiger partial charge on any atom is -0.495 e. The lowest BCUT2D eigenvalue weighted by Crippen LogP contribution is -2.37. The van der Waals surface area contributed by atoms with Gasteiger partial charge in [-0.2, -0.15) is 4.31 Å². The van der Waals surface area contributed by atoms with E-state index >= 15 is 0 Å². The number of benzene rings is 2. The highest BCUT2D eigenvalue weighted by Crippen LogP contribution is 2.31. The maximum Gasteiger partial charge on any atom is 0.251 e. The maximum absolute atomic E-state index is 13.1. The van der Waals surface area contributed by atoms with Gasteiger partial charge >= 0.3 is 0 Å². The summed E-state index contributed by atoms with van der Waals surface area (Å²) in [5, 5.41) is 3.67. The fourth-order valence-electron chi connectivity index (χ4n) is 4.61. The number of halogens is 1. The maximum atomic E-state index is 13.1. The van der Waals surface area contributed by atoms with Crippen LogP contribution in [0.2, 0.25) is 5.02 Å². The van der Waals surface area contributed by atoms with Crippen molar-refractivity contribution >= 4 is 27.5 Å². The zero-order valence-electron chi connectivity index (χ0n) is 18.8. The highest BCUT2D eigenvalue weighted by molar-refractivity contribution is 7.89. The molecule has 1 unspecified atom stereocenters.